The third-order valence-corrected chi connectivity index (χ3v) is 5.22. The minimum atomic E-state index is -0.00906. The number of carbonyl (C=O) groups excluding carboxylic acids is 1. The van der Waals surface area contributed by atoms with Gasteiger partial charge in [-0.3, -0.25) is 4.79 Å². The first kappa shape index (κ1) is 20.2. The summed E-state index contributed by atoms with van der Waals surface area (Å²) >= 11 is 0. The molecule has 1 atom stereocenters. The molecule has 5 nitrogen and oxygen atoms in total. The summed E-state index contributed by atoms with van der Waals surface area (Å²) < 4.78 is 17.9. The smallest absolute Gasteiger partial charge is 0.217 e. The van der Waals surface area contributed by atoms with Crippen LogP contribution < -0.4 is 10.1 Å². The minimum Gasteiger partial charge on any atom is -0.493 e. The quantitative estimate of drug-likeness (QED) is 0.675. The molecule has 2 aliphatic rings. The van der Waals surface area contributed by atoms with E-state index in [4.69, 9.17) is 14.2 Å². The van der Waals surface area contributed by atoms with Crippen LogP contribution in [0.4, 0.5) is 0 Å². The fraction of sp³-hybridized carbons (Fsp3) is 0.682. The van der Waals surface area contributed by atoms with Gasteiger partial charge in [-0.2, -0.15) is 0 Å². The summed E-state index contributed by atoms with van der Waals surface area (Å²) in [6.45, 7) is 5.56. The van der Waals surface area contributed by atoms with Crippen LogP contribution in [0.3, 0.4) is 0 Å². The zero-order valence-corrected chi connectivity index (χ0v) is 16.6. The van der Waals surface area contributed by atoms with Gasteiger partial charge in [-0.15, -0.1) is 0 Å². The molecule has 150 valence electrons. The van der Waals surface area contributed by atoms with Gasteiger partial charge in [0.05, 0.1) is 32.0 Å². The van der Waals surface area contributed by atoms with E-state index >= 15 is 0 Å². The molecular formula is C22H33NO4. The molecule has 0 heterocycles. The van der Waals surface area contributed by atoms with Crippen molar-refractivity contribution in [2.75, 3.05) is 13.2 Å². The molecule has 1 amide bonds. The van der Waals surface area contributed by atoms with Crippen LogP contribution >= 0.6 is 0 Å². The number of nitrogens with one attached hydrogen (secondary N) is 1. The van der Waals surface area contributed by atoms with Crippen LogP contribution in [-0.2, 0) is 20.9 Å². The topological polar surface area (TPSA) is 56.8 Å². The first-order chi connectivity index (χ1) is 13.1. The largest absolute Gasteiger partial charge is 0.493 e. The van der Waals surface area contributed by atoms with Crippen LogP contribution in [0.25, 0.3) is 0 Å². The summed E-state index contributed by atoms with van der Waals surface area (Å²) in [5.74, 6) is 1.71. The second kappa shape index (κ2) is 10.1. The zero-order valence-electron chi connectivity index (χ0n) is 16.6. The second-order valence-corrected chi connectivity index (χ2v) is 8.05. The molecule has 0 saturated heterocycles. The summed E-state index contributed by atoms with van der Waals surface area (Å²) in [7, 11) is 0. The van der Waals surface area contributed by atoms with Crippen LogP contribution in [0.5, 0.6) is 5.75 Å². The van der Waals surface area contributed by atoms with Crippen molar-refractivity contribution in [3.05, 3.63) is 29.8 Å². The van der Waals surface area contributed by atoms with E-state index < -0.39 is 0 Å². The fourth-order valence-corrected chi connectivity index (χ4v) is 3.47. The predicted molar refractivity (Wildman–Crippen MR) is 105 cm³/mol. The van der Waals surface area contributed by atoms with Gasteiger partial charge >= 0.3 is 0 Å². The number of benzene rings is 1. The molecule has 0 aliphatic heterocycles. The Kier molecular flexibility index (Phi) is 7.53. The van der Waals surface area contributed by atoms with Gasteiger partial charge in [0, 0.05) is 13.0 Å². The van der Waals surface area contributed by atoms with E-state index in [9.17, 15) is 4.79 Å². The summed E-state index contributed by atoms with van der Waals surface area (Å²) in [6.07, 6.45) is 7.27. The fourth-order valence-electron chi connectivity index (χ4n) is 3.47. The molecule has 2 saturated carbocycles. The van der Waals surface area contributed by atoms with Gasteiger partial charge in [-0.05, 0) is 69.1 Å². The van der Waals surface area contributed by atoms with E-state index in [-0.39, 0.29) is 18.1 Å². The molecule has 5 heteroatoms. The SMILES string of the molecule is CC(=O)N[C@@H](C)COC1CCC(OCc2cccc(OCC3CC3)c2)CC1. The molecular weight excluding hydrogens is 342 g/mol. The number of ether oxygens (including phenoxy) is 3. The number of amides is 1. The summed E-state index contributed by atoms with van der Waals surface area (Å²) in [6, 6.07) is 8.33. The molecule has 0 radical (unpaired) electrons. The molecule has 0 spiro atoms. The number of hydrogen-bond donors (Lipinski definition) is 1. The van der Waals surface area contributed by atoms with Gasteiger partial charge < -0.3 is 19.5 Å². The van der Waals surface area contributed by atoms with Crippen molar-refractivity contribution in [3.63, 3.8) is 0 Å². The molecule has 0 bridgehead atoms. The maximum absolute atomic E-state index is 11.0. The Morgan fingerprint density at radius 1 is 1.11 bits per heavy atom. The standard InChI is InChI=1S/C22H33NO4/c1-16(23-17(2)24)13-25-20-8-10-21(11-9-20)26-15-19-4-3-5-22(12-19)27-14-18-6-7-18/h3-5,12,16,18,20-21H,6-11,13-15H2,1-2H3,(H,23,24)/t16-,20?,21?/m0/s1. The van der Waals surface area contributed by atoms with Crippen LogP contribution in [0.15, 0.2) is 24.3 Å². The lowest BCUT2D eigenvalue weighted by Crippen LogP contribution is -2.36. The number of carbonyl (C=O) groups is 1. The highest BCUT2D eigenvalue weighted by molar-refractivity contribution is 5.73. The molecule has 2 fully saturated rings. The molecule has 3 rings (SSSR count). The Bertz CT molecular complexity index is 594. The summed E-state index contributed by atoms with van der Waals surface area (Å²) in [4.78, 5) is 11.0. The van der Waals surface area contributed by atoms with Crippen LogP contribution in [-0.4, -0.2) is 37.4 Å². The first-order valence-corrected chi connectivity index (χ1v) is 10.3. The molecule has 0 unspecified atom stereocenters. The third kappa shape index (κ3) is 7.51. The molecule has 0 aromatic heterocycles. The molecule has 1 N–H and O–H groups in total. The Morgan fingerprint density at radius 3 is 2.48 bits per heavy atom. The Balaban J connectivity index is 1.32. The van der Waals surface area contributed by atoms with Crippen molar-refractivity contribution < 1.29 is 19.0 Å². The average Bonchev–Trinajstić information content (AvgIpc) is 3.48. The van der Waals surface area contributed by atoms with E-state index in [1.54, 1.807) is 0 Å². The lowest BCUT2D eigenvalue weighted by atomic mass is 9.95. The van der Waals surface area contributed by atoms with E-state index in [1.807, 2.05) is 19.1 Å². The number of hydrogen-bond acceptors (Lipinski definition) is 4. The van der Waals surface area contributed by atoms with Crippen molar-refractivity contribution in [2.24, 2.45) is 5.92 Å². The highest BCUT2D eigenvalue weighted by Crippen LogP contribution is 2.30. The first-order valence-electron chi connectivity index (χ1n) is 10.3. The molecule has 27 heavy (non-hydrogen) atoms. The maximum Gasteiger partial charge on any atom is 0.217 e. The van der Waals surface area contributed by atoms with E-state index in [0.29, 0.717) is 19.3 Å². The van der Waals surface area contributed by atoms with Crippen molar-refractivity contribution in [2.45, 2.75) is 77.2 Å². The maximum atomic E-state index is 11.0. The zero-order chi connectivity index (χ0) is 19.1. The molecule has 1 aromatic carbocycles. The van der Waals surface area contributed by atoms with Crippen molar-refractivity contribution >= 4 is 5.91 Å². The van der Waals surface area contributed by atoms with Crippen LogP contribution in [0.1, 0.15) is 57.9 Å². The third-order valence-electron chi connectivity index (χ3n) is 5.22. The lowest BCUT2D eigenvalue weighted by molar-refractivity contribution is -0.120. The van der Waals surface area contributed by atoms with Crippen LogP contribution in [0, 0.1) is 5.92 Å². The van der Waals surface area contributed by atoms with E-state index in [0.717, 1.165) is 44.0 Å². The Hall–Kier alpha value is -1.59. The van der Waals surface area contributed by atoms with Gasteiger partial charge in [0.25, 0.3) is 0 Å². The van der Waals surface area contributed by atoms with Gasteiger partial charge in [-0.1, -0.05) is 12.1 Å². The highest BCUT2D eigenvalue weighted by Gasteiger charge is 2.23. The number of rotatable bonds is 10. The molecule has 1 aromatic rings. The Morgan fingerprint density at radius 2 is 1.81 bits per heavy atom. The summed E-state index contributed by atoms with van der Waals surface area (Å²) in [5.41, 5.74) is 1.17. The second-order valence-electron chi connectivity index (χ2n) is 8.05. The van der Waals surface area contributed by atoms with E-state index in [1.165, 1.54) is 25.3 Å². The van der Waals surface area contributed by atoms with Crippen molar-refractivity contribution in [3.8, 4) is 5.75 Å². The predicted octanol–water partition coefficient (Wildman–Crippen LogP) is 3.84. The average molecular weight is 376 g/mol. The lowest BCUT2D eigenvalue weighted by Gasteiger charge is -2.29. The highest BCUT2D eigenvalue weighted by atomic mass is 16.5. The van der Waals surface area contributed by atoms with Gasteiger partial charge in [-0.25, -0.2) is 0 Å². The minimum absolute atomic E-state index is 0.00906. The van der Waals surface area contributed by atoms with Crippen molar-refractivity contribution in [1.29, 1.82) is 0 Å². The monoisotopic (exact) mass is 375 g/mol. The van der Waals surface area contributed by atoms with Crippen LogP contribution in [0.2, 0.25) is 0 Å². The normalized spacial score (nSPS) is 23.6. The molecule has 2 aliphatic carbocycles. The Labute approximate surface area is 162 Å². The van der Waals surface area contributed by atoms with Gasteiger partial charge in [0.15, 0.2) is 0 Å². The summed E-state index contributed by atoms with van der Waals surface area (Å²) in [5, 5.41) is 2.85. The van der Waals surface area contributed by atoms with Crippen molar-refractivity contribution in [1.82, 2.24) is 5.32 Å². The van der Waals surface area contributed by atoms with E-state index in [2.05, 4.69) is 17.4 Å². The van der Waals surface area contributed by atoms with Gasteiger partial charge in [0.2, 0.25) is 5.91 Å². The van der Waals surface area contributed by atoms with Gasteiger partial charge in [0.1, 0.15) is 5.75 Å².